The highest BCUT2D eigenvalue weighted by molar-refractivity contribution is 5.82. The van der Waals surface area contributed by atoms with Crippen LogP contribution in [0.1, 0.15) is 31.9 Å². The van der Waals surface area contributed by atoms with E-state index < -0.39 is 0 Å². The molecular weight excluding hydrogens is 407 g/mol. The zero-order valence-electron chi connectivity index (χ0n) is 18.2. The number of anilines is 3. The number of nitrogens with two attached hydrogens (primary N) is 3. The molecule has 0 fully saturated rings. The van der Waals surface area contributed by atoms with E-state index in [1.54, 1.807) is 18.3 Å². The summed E-state index contributed by atoms with van der Waals surface area (Å²) in [5, 5.41) is 9.42. The van der Waals surface area contributed by atoms with Crippen molar-refractivity contribution in [1.82, 2.24) is 19.9 Å². The van der Waals surface area contributed by atoms with Gasteiger partial charge < -0.3 is 17.2 Å². The van der Waals surface area contributed by atoms with Crippen LogP contribution in [0.4, 0.5) is 22.0 Å². The molecule has 0 radical (unpaired) electrons. The zero-order chi connectivity index (χ0) is 23.7. The predicted octanol–water partition coefficient (Wildman–Crippen LogP) is 4.12. The van der Waals surface area contributed by atoms with Crippen LogP contribution in [0.3, 0.4) is 0 Å². The topological polar surface area (TPSA) is 153 Å². The maximum Gasteiger partial charge on any atom is 0.224 e. The number of fused-ring (bicyclic) bond motifs is 1. The first kappa shape index (κ1) is 24.0. The van der Waals surface area contributed by atoms with Gasteiger partial charge in [-0.05, 0) is 42.3 Å². The van der Waals surface area contributed by atoms with Gasteiger partial charge in [0.05, 0.1) is 16.9 Å². The summed E-state index contributed by atoms with van der Waals surface area (Å²) < 4.78 is 13.3. The minimum Gasteiger partial charge on any atom is -0.382 e. The van der Waals surface area contributed by atoms with Crippen molar-refractivity contribution >= 4 is 28.5 Å². The average Bonchev–Trinajstić information content (AvgIpc) is 2.80. The van der Waals surface area contributed by atoms with E-state index in [9.17, 15) is 4.39 Å². The van der Waals surface area contributed by atoms with E-state index in [1.807, 2.05) is 32.0 Å². The summed E-state index contributed by atoms with van der Waals surface area (Å²) in [5.41, 5.74) is 19.3. The maximum absolute atomic E-state index is 13.3. The van der Waals surface area contributed by atoms with Crippen molar-refractivity contribution in [1.29, 1.82) is 5.26 Å². The van der Waals surface area contributed by atoms with Crippen LogP contribution in [0.2, 0.25) is 0 Å². The number of hydrogen-bond acceptors (Lipinski definition) is 8. The van der Waals surface area contributed by atoms with Crippen molar-refractivity contribution in [3.8, 4) is 17.5 Å². The van der Waals surface area contributed by atoms with Crippen LogP contribution in [0.5, 0.6) is 0 Å². The molecule has 0 saturated heterocycles. The van der Waals surface area contributed by atoms with E-state index in [4.69, 9.17) is 22.5 Å². The highest BCUT2D eigenvalue weighted by atomic mass is 19.1. The number of nitrogens with zero attached hydrogens (tertiary/aromatic N) is 5. The molecule has 0 aliphatic heterocycles. The van der Waals surface area contributed by atoms with Gasteiger partial charge >= 0.3 is 0 Å². The highest BCUT2D eigenvalue weighted by Crippen LogP contribution is 2.25. The predicted molar refractivity (Wildman–Crippen MR) is 126 cm³/mol. The fraction of sp³-hybridized carbons (Fsp3) is 0.174. The third kappa shape index (κ3) is 5.64. The Morgan fingerprint density at radius 2 is 1.66 bits per heavy atom. The molecule has 3 heterocycles. The van der Waals surface area contributed by atoms with Gasteiger partial charge in [-0.3, -0.25) is 4.98 Å². The molecule has 0 aliphatic rings. The number of aryl methyl sites for hydroxylation is 1. The monoisotopic (exact) mass is 432 g/mol. The molecule has 0 spiro atoms. The van der Waals surface area contributed by atoms with Crippen LogP contribution in [-0.4, -0.2) is 19.9 Å². The number of pyridine rings is 2. The number of hydrogen-bond donors (Lipinski definition) is 3. The Labute approximate surface area is 186 Å². The van der Waals surface area contributed by atoms with E-state index in [-0.39, 0.29) is 29.0 Å². The molecule has 0 atom stereocenters. The summed E-state index contributed by atoms with van der Waals surface area (Å²) in [4.78, 5) is 16.0. The number of rotatable bonds is 2. The van der Waals surface area contributed by atoms with Crippen LogP contribution in [0, 0.1) is 17.1 Å². The standard InChI is InChI=1S/C16H13FN2.C5H6N6.C2H6/c1-2-11-9-12-6-7-13(17)10-15(12)19-16(11)14-5-3-4-8-18-14;6-1-2-3(7)10-5(9)11-4(2)8;1-2/h3-10H,2H2,1H3;(H6,7,8,9,10,11);1-2H3. The normalized spacial score (nSPS) is 9.72. The molecule has 0 saturated carbocycles. The van der Waals surface area contributed by atoms with Gasteiger partial charge in [-0.25, -0.2) is 9.37 Å². The molecule has 1 aromatic carbocycles. The quantitative estimate of drug-likeness (QED) is 0.427. The van der Waals surface area contributed by atoms with Gasteiger partial charge in [-0.15, -0.1) is 0 Å². The van der Waals surface area contributed by atoms with E-state index >= 15 is 0 Å². The molecule has 6 N–H and O–H groups in total. The van der Waals surface area contributed by atoms with Crippen molar-refractivity contribution in [2.75, 3.05) is 17.2 Å². The third-order valence-electron chi connectivity index (χ3n) is 4.24. The summed E-state index contributed by atoms with van der Waals surface area (Å²) in [6.45, 7) is 6.08. The number of benzene rings is 1. The van der Waals surface area contributed by atoms with Crippen LogP contribution in [-0.2, 0) is 6.42 Å². The molecule has 4 rings (SSSR count). The molecule has 0 unspecified atom stereocenters. The molecule has 3 aromatic heterocycles. The fourth-order valence-electron chi connectivity index (χ4n) is 2.81. The second-order valence-electron chi connectivity index (χ2n) is 6.24. The lowest BCUT2D eigenvalue weighted by atomic mass is 10.0. The number of halogens is 1. The molecule has 164 valence electrons. The van der Waals surface area contributed by atoms with Crippen molar-refractivity contribution < 1.29 is 4.39 Å². The number of nitriles is 1. The van der Waals surface area contributed by atoms with E-state index in [0.717, 1.165) is 28.8 Å². The van der Waals surface area contributed by atoms with Crippen molar-refractivity contribution in [3.05, 3.63) is 65.6 Å². The van der Waals surface area contributed by atoms with Gasteiger partial charge in [-0.2, -0.15) is 15.2 Å². The zero-order valence-corrected chi connectivity index (χ0v) is 18.2. The first-order chi connectivity index (χ1) is 15.4. The Hall–Kier alpha value is -4.32. The molecule has 4 aromatic rings. The first-order valence-electron chi connectivity index (χ1n) is 10.0. The lowest BCUT2D eigenvalue weighted by Crippen LogP contribution is -2.06. The molecular formula is C23H25FN8. The van der Waals surface area contributed by atoms with Crippen LogP contribution in [0.15, 0.2) is 48.7 Å². The van der Waals surface area contributed by atoms with Crippen LogP contribution < -0.4 is 17.2 Å². The van der Waals surface area contributed by atoms with E-state index in [0.29, 0.717) is 5.52 Å². The smallest absolute Gasteiger partial charge is 0.224 e. The van der Waals surface area contributed by atoms with E-state index in [1.165, 1.54) is 12.1 Å². The summed E-state index contributed by atoms with van der Waals surface area (Å²) in [6.07, 6.45) is 2.61. The summed E-state index contributed by atoms with van der Waals surface area (Å²) in [6, 6.07) is 14.2. The summed E-state index contributed by atoms with van der Waals surface area (Å²) in [5.74, 6) is -0.273. The van der Waals surface area contributed by atoms with Gasteiger partial charge in [0, 0.05) is 17.6 Å². The van der Waals surface area contributed by atoms with Crippen molar-refractivity contribution in [2.24, 2.45) is 0 Å². The average molecular weight is 433 g/mol. The Morgan fingerprint density at radius 1 is 0.969 bits per heavy atom. The Balaban J connectivity index is 0.000000239. The Bertz CT molecular complexity index is 1210. The molecule has 0 aliphatic carbocycles. The highest BCUT2D eigenvalue weighted by Gasteiger charge is 2.09. The third-order valence-corrected chi connectivity index (χ3v) is 4.24. The molecule has 0 amide bonds. The Kier molecular flexibility index (Phi) is 8.36. The van der Waals surface area contributed by atoms with Crippen LogP contribution >= 0.6 is 0 Å². The lowest BCUT2D eigenvalue weighted by Gasteiger charge is -2.08. The number of nitrogen functional groups attached to an aromatic ring is 3. The van der Waals surface area contributed by atoms with Crippen molar-refractivity contribution in [2.45, 2.75) is 27.2 Å². The fourth-order valence-corrected chi connectivity index (χ4v) is 2.81. The minimum absolute atomic E-state index is 0.0116. The minimum atomic E-state index is -0.267. The van der Waals surface area contributed by atoms with E-state index in [2.05, 4.69) is 32.9 Å². The Morgan fingerprint density at radius 3 is 2.22 bits per heavy atom. The number of aromatic nitrogens is 4. The van der Waals surface area contributed by atoms with Gasteiger partial charge in [0.15, 0.2) is 0 Å². The van der Waals surface area contributed by atoms with Gasteiger partial charge in [-0.1, -0.05) is 26.8 Å². The van der Waals surface area contributed by atoms with Crippen LogP contribution in [0.25, 0.3) is 22.3 Å². The molecule has 32 heavy (non-hydrogen) atoms. The van der Waals surface area contributed by atoms with Crippen molar-refractivity contribution in [3.63, 3.8) is 0 Å². The molecule has 0 bridgehead atoms. The lowest BCUT2D eigenvalue weighted by molar-refractivity contribution is 0.629. The first-order valence-corrected chi connectivity index (χ1v) is 10.0. The van der Waals surface area contributed by atoms with Gasteiger partial charge in [0.1, 0.15) is 29.1 Å². The summed E-state index contributed by atoms with van der Waals surface area (Å²) >= 11 is 0. The van der Waals surface area contributed by atoms with Gasteiger partial charge in [0.25, 0.3) is 0 Å². The largest absolute Gasteiger partial charge is 0.382 e. The molecule has 8 nitrogen and oxygen atoms in total. The molecule has 9 heteroatoms. The van der Waals surface area contributed by atoms with Gasteiger partial charge in [0.2, 0.25) is 5.95 Å². The summed E-state index contributed by atoms with van der Waals surface area (Å²) in [7, 11) is 0. The second-order valence-corrected chi connectivity index (χ2v) is 6.24. The maximum atomic E-state index is 13.3. The second kappa shape index (κ2) is 11.2. The SMILES string of the molecule is CC.CCc1cc2ccc(F)cc2nc1-c1ccccn1.N#Cc1c(N)nc(N)nc1N.